The fourth-order valence-electron chi connectivity index (χ4n) is 3.23. The summed E-state index contributed by atoms with van der Waals surface area (Å²) in [5.41, 5.74) is -0.214. The number of rotatable bonds is 7. The number of nitrogens with one attached hydrogen (secondary N) is 1. The van der Waals surface area contributed by atoms with E-state index < -0.39 is 19.6 Å². The van der Waals surface area contributed by atoms with E-state index >= 15 is 0 Å². The number of aromatic amines is 1. The minimum absolute atomic E-state index is 0.0361. The highest BCUT2D eigenvalue weighted by Gasteiger charge is 2.44. The molecule has 1 heterocycles. The van der Waals surface area contributed by atoms with Crippen LogP contribution < -0.4 is 11.2 Å². The highest BCUT2D eigenvalue weighted by atomic mass is 28.4. The molecule has 2 atom stereocenters. The van der Waals surface area contributed by atoms with Crippen LogP contribution in [0.3, 0.4) is 0 Å². The molecule has 144 valence electrons. The molecule has 1 aliphatic rings. The van der Waals surface area contributed by atoms with Gasteiger partial charge in [-0.1, -0.05) is 33.8 Å². The lowest BCUT2D eigenvalue weighted by atomic mass is 9.99. The first-order valence-corrected chi connectivity index (χ1v) is 12.0. The zero-order valence-corrected chi connectivity index (χ0v) is 17.5. The summed E-state index contributed by atoms with van der Waals surface area (Å²) in [6, 6.07) is 1.08. The van der Waals surface area contributed by atoms with Crippen molar-refractivity contribution in [3.63, 3.8) is 0 Å². The molecular formula is C19H30N2O4Si. The number of aromatic nitrogens is 2. The van der Waals surface area contributed by atoms with Crippen molar-refractivity contribution in [3.8, 4) is 0 Å². The third-order valence-electron chi connectivity index (χ3n) is 6.37. The van der Waals surface area contributed by atoms with Crippen LogP contribution in [-0.2, 0) is 9.22 Å². The zero-order chi connectivity index (χ0) is 19.7. The minimum atomic E-state index is -1.98. The van der Waals surface area contributed by atoms with Crippen LogP contribution in [0.4, 0.5) is 0 Å². The quantitative estimate of drug-likeness (QED) is 0.584. The molecule has 1 aromatic heterocycles. The van der Waals surface area contributed by atoms with Crippen molar-refractivity contribution < 1.29 is 9.22 Å². The van der Waals surface area contributed by atoms with Crippen LogP contribution in [0, 0.1) is 11.8 Å². The summed E-state index contributed by atoms with van der Waals surface area (Å²) < 4.78 is 7.86. The van der Waals surface area contributed by atoms with Gasteiger partial charge in [0.1, 0.15) is 6.29 Å². The topological polar surface area (TPSA) is 81.2 Å². The van der Waals surface area contributed by atoms with Crippen molar-refractivity contribution in [1.29, 1.82) is 0 Å². The zero-order valence-electron chi connectivity index (χ0n) is 16.5. The van der Waals surface area contributed by atoms with E-state index in [4.69, 9.17) is 4.43 Å². The molecule has 26 heavy (non-hydrogen) atoms. The fraction of sp³-hybridized carbons (Fsp3) is 0.632. The molecule has 0 aliphatic heterocycles. The summed E-state index contributed by atoms with van der Waals surface area (Å²) in [7, 11) is -1.98. The maximum absolute atomic E-state index is 12.0. The van der Waals surface area contributed by atoms with Crippen LogP contribution in [0.5, 0.6) is 0 Å². The van der Waals surface area contributed by atoms with Crippen molar-refractivity contribution in [2.45, 2.75) is 58.3 Å². The SMILES string of the molecule is CC(C)C(C)(C)[Si](C)(C)OC[C@@H]1C[C@H](n2ccc(=O)[nH]c2=O)C=C1C=O. The predicted octanol–water partition coefficient (Wildman–Crippen LogP) is 2.88. The van der Waals surface area contributed by atoms with Gasteiger partial charge in [0.2, 0.25) is 0 Å². The molecule has 0 saturated heterocycles. The van der Waals surface area contributed by atoms with Crippen molar-refractivity contribution in [1.82, 2.24) is 9.55 Å². The average molecular weight is 379 g/mol. The van der Waals surface area contributed by atoms with E-state index in [0.29, 0.717) is 24.5 Å². The van der Waals surface area contributed by atoms with Crippen molar-refractivity contribution in [2.75, 3.05) is 6.61 Å². The maximum Gasteiger partial charge on any atom is 0.328 e. The first-order valence-electron chi connectivity index (χ1n) is 9.12. The predicted molar refractivity (Wildman–Crippen MR) is 105 cm³/mol. The van der Waals surface area contributed by atoms with Gasteiger partial charge in [-0.3, -0.25) is 19.1 Å². The second kappa shape index (κ2) is 7.48. The Morgan fingerprint density at radius 1 is 1.38 bits per heavy atom. The van der Waals surface area contributed by atoms with E-state index in [-0.39, 0.29) is 17.0 Å². The molecule has 6 nitrogen and oxygen atoms in total. The van der Waals surface area contributed by atoms with Crippen molar-refractivity contribution in [2.24, 2.45) is 11.8 Å². The molecule has 0 saturated carbocycles. The van der Waals surface area contributed by atoms with Gasteiger partial charge in [0.15, 0.2) is 8.32 Å². The number of carbonyl (C=O) groups excluding carboxylic acids is 1. The third kappa shape index (κ3) is 3.99. The van der Waals surface area contributed by atoms with Crippen LogP contribution in [0.15, 0.2) is 33.5 Å². The van der Waals surface area contributed by atoms with Gasteiger partial charge < -0.3 is 4.43 Å². The Morgan fingerprint density at radius 2 is 2.04 bits per heavy atom. The lowest BCUT2D eigenvalue weighted by Gasteiger charge is -2.43. The Balaban J connectivity index is 2.15. The van der Waals surface area contributed by atoms with E-state index in [1.165, 1.54) is 16.8 Å². The lowest BCUT2D eigenvalue weighted by Crippen LogP contribution is -2.46. The Labute approximate surface area is 155 Å². The number of nitrogens with zero attached hydrogens (tertiary/aromatic N) is 1. The molecule has 1 aliphatic carbocycles. The van der Waals surface area contributed by atoms with Crippen LogP contribution >= 0.6 is 0 Å². The van der Waals surface area contributed by atoms with Crippen molar-refractivity contribution >= 4 is 14.6 Å². The maximum atomic E-state index is 12.0. The van der Waals surface area contributed by atoms with Gasteiger partial charge in [-0.05, 0) is 36.0 Å². The van der Waals surface area contributed by atoms with E-state index in [1.807, 2.05) is 6.08 Å². The Bertz CT molecular complexity index is 804. The van der Waals surface area contributed by atoms with Crippen LogP contribution in [0.25, 0.3) is 0 Å². The molecule has 0 aromatic carbocycles. The first kappa shape index (κ1) is 20.6. The fourth-order valence-corrected chi connectivity index (χ4v) is 5.61. The van der Waals surface area contributed by atoms with Gasteiger partial charge in [0.25, 0.3) is 5.56 Å². The van der Waals surface area contributed by atoms with Gasteiger partial charge in [-0.2, -0.15) is 0 Å². The highest BCUT2D eigenvalue weighted by Crippen LogP contribution is 2.45. The van der Waals surface area contributed by atoms with Gasteiger partial charge in [-0.15, -0.1) is 0 Å². The Kier molecular flexibility index (Phi) is 5.92. The number of H-pyrrole nitrogens is 1. The third-order valence-corrected chi connectivity index (χ3v) is 10.9. The van der Waals surface area contributed by atoms with Gasteiger partial charge >= 0.3 is 5.69 Å². The first-order chi connectivity index (χ1) is 12.0. The van der Waals surface area contributed by atoms with E-state index in [9.17, 15) is 14.4 Å². The van der Waals surface area contributed by atoms with E-state index in [1.54, 1.807) is 0 Å². The van der Waals surface area contributed by atoms with E-state index in [0.717, 1.165) is 6.29 Å². The lowest BCUT2D eigenvalue weighted by molar-refractivity contribution is -0.105. The van der Waals surface area contributed by atoms with Crippen LogP contribution in [0.2, 0.25) is 18.1 Å². The summed E-state index contributed by atoms with van der Waals surface area (Å²) in [5, 5.41) is 0.103. The second-order valence-electron chi connectivity index (χ2n) is 8.50. The van der Waals surface area contributed by atoms with Gasteiger partial charge in [-0.25, -0.2) is 4.79 Å². The molecule has 2 rings (SSSR count). The van der Waals surface area contributed by atoms with Crippen LogP contribution in [-0.4, -0.2) is 30.8 Å². The smallest absolute Gasteiger partial charge is 0.328 e. The monoisotopic (exact) mass is 378 g/mol. The summed E-state index contributed by atoms with van der Waals surface area (Å²) >= 11 is 0. The number of carbonyl (C=O) groups is 1. The largest absolute Gasteiger partial charge is 0.416 e. The summed E-state index contributed by atoms with van der Waals surface area (Å²) in [6.45, 7) is 13.8. The van der Waals surface area contributed by atoms with Crippen LogP contribution in [0.1, 0.15) is 40.2 Å². The summed E-state index contributed by atoms with van der Waals surface area (Å²) in [5.74, 6) is 0.465. The van der Waals surface area contributed by atoms with E-state index in [2.05, 4.69) is 45.8 Å². The average Bonchev–Trinajstić information content (AvgIpc) is 2.95. The number of hydrogen-bond donors (Lipinski definition) is 1. The second-order valence-corrected chi connectivity index (χ2v) is 13.1. The molecule has 0 spiro atoms. The molecule has 0 unspecified atom stereocenters. The number of aldehydes is 1. The molecular weight excluding hydrogens is 348 g/mol. The molecule has 1 N–H and O–H groups in total. The molecule has 0 amide bonds. The summed E-state index contributed by atoms with van der Waals surface area (Å²) in [6.07, 6.45) is 4.76. The standard InChI is InChI=1S/C19H30N2O4Si/c1-13(2)19(3,4)26(5,6)25-12-15-10-16(9-14(15)11-22)21-8-7-17(23)20-18(21)24/h7-9,11,13,15-16H,10,12H2,1-6H3,(H,20,23,24)/t15-,16+/m0/s1. The normalized spacial score (nSPS) is 21.1. The minimum Gasteiger partial charge on any atom is -0.416 e. The number of allylic oxidation sites excluding steroid dienone is 1. The molecule has 0 fully saturated rings. The number of hydrogen-bond acceptors (Lipinski definition) is 4. The highest BCUT2D eigenvalue weighted by molar-refractivity contribution is 6.74. The molecule has 0 radical (unpaired) electrons. The molecule has 1 aromatic rings. The molecule has 0 bridgehead atoms. The molecule has 7 heteroatoms. The summed E-state index contributed by atoms with van der Waals surface area (Å²) in [4.78, 5) is 37.0. The van der Waals surface area contributed by atoms with Crippen molar-refractivity contribution in [3.05, 3.63) is 44.8 Å². The Hall–Kier alpha value is -1.73. The van der Waals surface area contributed by atoms with Gasteiger partial charge in [0, 0.05) is 24.8 Å². The Morgan fingerprint density at radius 3 is 2.58 bits per heavy atom. The van der Waals surface area contributed by atoms with Gasteiger partial charge in [0.05, 0.1) is 6.04 Å².